The molecule has 1 aromatic rings. The van der Waals surface area contributed by atoms with Crippen molar-refractivity contribution in [2.75, 3.05) is 6.54 Å². The highest BCUT2D eigenvalue weighted by molar-refractivity contribution is 5.21. The molecule has 0 heterocycles. The summed E-state index contributed by atoms with van der Waals surface area (Å²) in [4.78, 5) is 2.46. The van der Waals surface area contributed by atoms with Crippen LogP contribution in [0.3, 0.4) is 0 Å². The van der Waals surface area contributed by atoms with Gasteiger partial charge < -0.3 is 0 Å². The van der Waals surface area contributed by atoms with Crippen molar-refractivity contribution in [1.29, 1.82) is 0 Å². The zero-order valence-electron chi connectivity index (χ0n) is 10.7. The summed E-state index contributed by atoms with van der Waals surface area (Å²) in [5.74, 6) is 0. The first-order valence-corrected chi connectivity index (χ1v) is 6.07. The molecule has 1 nitrogen and oxygen atoms in total. The number of hydrogen-bond acceptors (Lipinski definition) is 1. The molecule has 0 fully saturated rings. The summed E-state index contributed by atoms with van der Waals surface area (Å²) in [6.07, 6.45) is 3.17. The average molecular weight is 217 g/mol. The molecule has 1 heteroatoms. The molecule has 0 saturated carbocycles. The van der Waals surface area contributed by atoms with E-state index in [0.717, 1.165) is 13.1 Å². The van der Waals surface area contributed by atoms with E-state index in [4.69, 9.17) is 0 Å². The Kier molecular flexibility index (Phi) is 5.27. The van der Waals surface area contributed by atoms with Crippen molar-refractivity contribution in [2.24, 2.45) is 0 Å². The molecule has 0 bridgehead atoms. The Labute approximate surface area is 99.8 Å². The predicted octanol–water partition coefficient (Wildman–Crippen LogP) is 3.78. The SMILES string of the molecule is C=CCN(Cc1ccc(C)cc1)C(C)CC. The molecule has 88 valence electrons. The lowest BCUT2D eigenvalue weighted by Gasteiger charge is -2.27. The highest BCUT2D eigenvalue weighted by atomic mass is 15.1. The van der Waals surface area contributed by atoms with Crippen molar-refractivity contribution < 1.29 is 0 Å². The predicted molar refractivity (Wildman–Crippen MR) is 71.5 cm³/mol. The summed E-state index contributed by atoms with van der Waals surface area (Å²) >= 11 is 0. The first-order valence-electron chi connectivity index (χ1n) is 6.07. The van der Waals surface area contributed by atoms with Gasteiger partial charge in [0.05, 0.1) is 0 Å². The van der Waals surface area contributed by atoms with Gasteiger partial charge >= 0.3 is 0 Å². The maximum Gasteiger partial charge on any atom is 0.0239 e. The van der Waals surface area contributed by atoms with Crippen LogP contribution in [0.5, 0.6) is 0 Å². The van der Waals surface area contributed by atoms with Crippen LogP contribution in [0.25, 0.3) is 0 Å². The zero-order chi connectivity index (χ0) is 12.0. The Bertz CT molecular complexity index is 313. The molecule has 0 spiro atoms. The van der Waals surface area contributed by atoms with Gasteiger partial charge in [0.1, 0.15) is 0 Å². The van der Waals surface area contributed by atoms with Gasteiger partial charge in [-0.1, -0.05) is 42.8 Å². The van der Waals surface area contributed by atoms with Gasteiger partial charge in [-0.2, -0.15) is 0 Å². The van der Waals surface area contributed by atoms with Crippen molar-refractivity contribution in [3.8, 4) is 0 Å². The van der Waals surface area contributed by atoms with E-state index in [2.05, 4.69) is 56.5 Å². The summed E-state index contributed by atoms with van der Waals surface area (Å²) in [5.41, 5.74) is 2.70. The monoisotopic (exact) mass is 217 g/mol. The normalized spacial score (nSPS) is 12.8. The fourth-order valence-electron chi connectivity index (χ4n) is 1.75. The van der Waals surface area contributed by atoms with Gasteiger partial charge in [-0.3, -0.25) is 4.90 Å². The van der Waals surface area contributed by atoms with Gasteiger partial charge in [0.25, 0.3) is 0 Å². The second-order valence-electron chi connectivity index (χ2n) is 4.46. The molecule has 1 aromatic carbocycles. The van der Waals surface area contributed by atoms with Crippen molar-refractivity contribution in [2.45, 2.75) is 39.8 Å². The van der Waals surface area contributed by atoms with E-state index in [1.54, 1.807) is 0 Å². The second-order valence-corrected chi connectivity index (χ2v) is 4.46. The summed E-state index contributed by atoms with van der Waals surface area (Å²) < 4.78 is 0. The molecular weight excluding hydrogens is 194 g/mol. The molecule has 0 aromatic heterocycles. The van der Waals surface area contributed by atoms with Crippen LogP contribution >= 0.6 is 0 Å². The number of benzene rings is 1. The van der Waals surface area contributed by atoms with Crippen molar-refractivity contribution in [1.82, 2.24) is 4.90 Å². The van der Waals surface area contributed by atoms with Crippen LogP contribution in [0, 0.1) is 6.92 Å². The summed E-state index contributed by atoms with van der Waals surface area (Å²) in [5, 5.41) is 0. The highest BCUT2D eigenvalue weighted by Crippen LogP contribution is 2.11. The summed E-state index contributed by atoms with van der Waals surface area (Å²) in [7, 11) is 0. The Morgan fingerprint density at radius 3 is 2.44 bits per heavy atom. The molecular formula is C15H23N. The standard InChI is InChI=1S/C15H23N/c1-5-11-16(14(4)6-2)12-15-9-7-13(3)8-10-15/h5,7-10,14H,1,6,11-12H2,2-4H3. The van der Waals surface area contributed by atoms with Gasteiger partial charge in [0.15, 0.2) is 0 Å². The molecule has 0 N–H and O–H groups in total. The minimum Gasteiger partial charge on any atom is -0.293 e. The molecule has 0 aliphatic rings. The van der Waals surface area contributed by atoms with Crippen LogP contribution in [0.4, 0.5) is 0 Å². The quantitative estimate of drug-likeness (QED) is 0.655. The molecule has 1 unspecified atom stereocenters. The lowest BCUT2D eigenvalue weighted by Crippen LogP contribution is -2.32. The highest BCUT2D eigenvalue weighted by Gasteiger charge is 2.10. The molecule has 1 atom stereocenters. The summed E-state index contributed by atoms with van der Waals surface area (Å²) in [6.45, 7) is 12.4. The number of hydrogen-bond donors (Lipinski definition) is 0. The Balaban J connectivity index is 2.67. The van der Waals surface area contributed by atoms with Crippen LogP contribution in [0.1, 0.15) is 31.4 Å². The third kappa shape index (κ3) is 3.82. The average Bonchev–Trinajstić information content (AvgIpc) is 2.30. The minimum absolute atomic E-state index is 0.610. The fraction of sp³-hybridized carbons (Fsp3) is 0.467. The third-order valence-electron chi connectivity index (χ3n) is 3.08. The number of aryl methyl sites for hydroxylation is 1. The second kappa shape index (κ2) is 6.49. The van der Waals surface area contributed by atoms with E-state index in [1.165, 1.54) is 17.5 Å². The van der Waals surface area contributed by atoms with Crippen LogP contribution in [0.15, 0.2) is 36.9 Å². The van der Waals surface area contributed by atoms with Crippen molar-refractivity contribution >= 4 is 0 Å². The fourth-order valence-corrected chi connectivity index (χ4v) is 1.75. The van der Waals surface area contributed by atoms with Gasteiger partial charge in [-0.05, 0) is 25.8 Å². The van der Waals surface area contributed by atoms with Crippen LogP contribution in [0.2, 0.25) is 0 Å². The number of rotatable bonds is 6. The molecule has 0 saturated heterocycles. The van der Waals surface area contributed by atoms with E-state index in [9.17, 15) is 0 Å². The Hall–Kier alpha value is -1.08. The molecule has 0 aliphatic carbocycles. The first kappa shape index (κ1) is 13.0. The first-order chi connectivity index (χ1) is 7.67. The van der Waals surface area contributed by atoms with Gasteiger partial charge in [-0.15, -0.1) is 6.58 Å². The zero-order valence-corrected chi connectivity index (χ0v) is 10.7. The molecule has 0 amide bonds. The lowest BCUT2D eigenvalue weighted by molar-refractivity contribution is 0.217. The minimum atomic E-state index is 0.610. The van der Waals surface area contributed by atoms with Crippen molar-refractivity contribution in [3.05, 3.63) is 48.0 Å². The van der Waals surface area contributed by atoms with Gasteiger partial charge in [0.2, 0.25) is 0 Å². The molecule has 0 aliphatic heterocycles. The molecule has 0 radical (unpaired) electrons. The van der Waals surface area contributed by atoms with Gasteiger partial charge in [0, 0.05) is 19.1 Å². The van der Waals surface area contributed by atoms with Gasteiger partial charge in [-0.25, -0.2) is 0 Å². The maximum absolute atomic E-state index is 3.83. The Morgan fingerprint density at radius 1 is 1.31 bits per heavy atom. The van der Waals surface area contributed by atoms with E-state index in [1.807, 2.05) is 6.08 Å². The molecule has 1 rings (SSSR count). The maximum atomic E-state index is 3.83. The van der Waals surface area contributed by atoms with Crippen LogP contribution < -0.4 is 0 Å². The van der Waals surface area contributed by atoms with Crippen molar-refractivity contribution in [3.63, 3.8) is 0 Å². The van der Waals surface area contributed by atoms with Crippen LogP contribution in [-0.2, 0) is 6.54 Å². The van der Waals surface area contributed by atoms with E-state index in [-0.39, 0.29) is 0 Å². The molecule has 16 heavy (non-hydrogen) atoms. The third-order valence-corrected chi connectivity index (χ3v) is 3.08. The van der Waals surface area contributed by atoms with Crippen LogP contribution in [-0.4, -0.2) is 17.5 Å². The smallest absolute Gasteiger partial charge is 0.0239 e. The van der Waals surface area contributed by atoms with E-state index in [0.29, 0.717) is 6.04 Å². The number of nitrogens with zero attached hydrogens (tertiary/aromatic N) is 1. The summed E-state index contributed by atoms with van der Waals surface area (Å²) in [6, 6.07) is 9.40. The lowest BCUT2D eigenvalue weighted by atomic mass is 10.1. The van der Waals surface area contributed by atoms with E-state index >= 15 is 0 Å². The van der Waals surface area contributed by atoms with E-state index < -0.39 is 0 Å². The topological polar surface area (TPSA) is 3.24 Å². The largest absolute Gasteiger partial charge is 0.293 e. The Morgan fingerprint density at radius 2 is 1.94 bits per heavy atom.